The van der Waals surface area contributed by atoms with Crippen LogP contribution >= 0.6 is 0 Å². The van der Waals surface area contributed by atoms with Crippen LogP contribution in [0.4, 0.5) is 0 Å². The van der Waals surface area contributed by atoms with E-state index in [0.29, 0.717) is 0 Å². The molecule has 3 fully saturated rings. The Hall–Kier alpha value is -1.13. The van der Waals surface area contributed by atoms with Crippen LogP contribution in [0, 0.1) is 0 Å². The van der Waals surface area contributed by atoms with Gasteiger partial charge in [0.1, 0.15) is 42.7 Å². The normalized spacial score (nSPS) is 43.3. The van der Waals surface area contributed by atoms with Crippen molar-refractivity contribution in [2.24, 2.45) is 11.5 Å². The molecule has 17 nitrogen and oxygen atoms in total. The summed E-state index contributed by atoms with van der Waals surface area (Å²) in [6, 6.07) is -2.00. The molecule has 41 heavy (non-hydrogen) atoms. The van der Waals surface area contributed by atoms with Crippen molar-refractivity contribution in [3.8, 4) is 0 Å². The maximum atomic E-state index is 12.6. The Morgan fingerprint density at radius 3 is 2.44 bits per heavy atom. The molecule has 14 N–H and O–H groups in total. The lowest BCUT2D eigenvalue weighted by Gasteiger charge is -2.47. The van der Waals surface area contributed by atoms with E-state index in [2.05, 4.69) is 10.6 Å². The van der Waals surface area contributed by atoms with E-state index in [1.54, 1.807) is 0 Å². The van der Waals surface area contributed by atoms with Crippen LogP contribution < -0.4 is 22.1 Å². The highest BCUT2D eigenvalue weighted by molar-refractivity contribution is 5.81. The molecule has 2 saturated heterocycles. The molecular weight excluding hydrogens is 552 g/mol. The van der Waals surface area contributed by atoms with E-state index < -0.39 is 97.7 Å². The molecule has 2 aliphatic heterocycles. The van der Waals surface area contributed by atoms with Crippen LogP contribution in [0.3, 0.4) is 0 Å². The van der Waals surface area contributed by atoms with Gasteiger partial charge in [-0.1, -0.05) is 0 Å². The molecule has 17 heteroatoms. The van der Waals surface area contributed by atoms with Gasteiger partial charge in [0.15, 0.2) is 18.7 Å². The van der Waals surface area contributed by atoms with E-state index in [0.717, 1.165) is 0 Å². The third-order valence-corrected chi connectivity index (χ3v) is 7.51. The van der Waals surface area contributed by atoms with Gasteiger partial charge < -0.3 is 81.9 Å². The van der Waals surface area contributed by atoms with Gasteiger partial charge in [-0.05, 0) is 13.3 Å². The number of aliphatic hydroxyl groups excluding tert-OH is 7. The fraction of sp³-hybridized carbons (Fsp3) is 0.958. The van der Waals surface area contributed by atoms with Crippen LogP contribution in [0.15, 0.2) is 0 Å². The maximum absolute atomic E-state index is 12.6. The minimum atomic E-state index is -1.88. The van der Waals surface area contributed by atoms with Gasteiger partial charge in [-0.15, -0.1) is 0 Å². The number of amides is 1. The standard InChI is InChI=1S/C24H46N4O13/c1-24(37)6-13(31)23(38-9-24)41-21-11(28-22(36)18(34)14(32)7-25)4-10(26)20(19(21)35)40-16-5-12(30)17(33)15(39-16)8-27-2-3-29/h10-21,23,27,29-35,37H,2-9,25-26H2,1H3,(H,28,36)/t10?,11?,12?,13?,14?,15?,16-,17+,18?,19?,20-,21+,23?,24-/m1/s1. The molecule has 0 aromatic rings. The van der Waals surface area contributed by atoms with Crippen LogP contribution in [0.2, 0.25) is 0 Å². The van der Waals surface area contributed by atoms with Gasteiger partial charge in [-0.3, -0.25) is 4.79 Å². The molecule has 1 saturated carbocycles. The second-order valence-electron chi connectivity index (χ2n) is 11.2. The summed E-state index contributed by atoms with van der Waals surface area (Å²) >= 11 is 0. The lowest BCUT2D eigenvalue weighted by Crippen LogP contribution is -2.67. The van der Waals surface area contributed by atoms with Crippen LogP contribution in [-0.2, 0) is 23.7 Å². The van der Waals surface area contributed by atoms with E-state index in [1.165, 1.54) is 6.92 Å². The highest BCUT2D eigenvalue weighted by Gasteiger charge is 2.50. The molecule has 1 amide bonds. The Bertz CT molecular complexity index is 828. The topological polar surface area (TPSA) is 292 Å². The van der Waals surface area contributed by atoms with Crippen molar-refractivity contribution in [1.29, 1.82) is 0 Å². The number of hydrogen-bond donors (Lipinski definition) is 12. The van der Waals surface area contributed by atoms with Crippen molar-refractivity contribution in [3.05, 3.63) is 0 Å². The van der Waals surface area contributed by atoms with Gasteiger partial charge >= 0.3 is 0 Å². The summed E-state index contributed by atoms with van der Waals surface area (Å²) in [5, 5.41) is 87.0. The fourth-order valence-corrected chi connectivity index (χ4v) is 5.24. The zero-order valence-corrected chi connectivity index (χ0v) is 22.9. The van der Waals surface area contributed by atoms with Crippen LogP contribution in [0.25, 0.3) is 0 Å². The van der Waals surface area contributed by atoms with Crippen molar-refractivity contribution < 1.29 is 64.6 Å². The van der Waals surface area contributed by atoms with Gasteiger partial charge in [0.25, 0.3) is 5.91 Å². The van der Waals surface area contributed by atoms with Crippen molar-refractivity contribution in [3.63, 3.8) is 0 Å². The average Bonchev–Trinajstić information content (AvgIpc) is 2.91. The zero-order chi connectivity index (χ0) is 30.5. The van der Waals surface area contributed by atoms with E-state index in [4.69, 9.17) is 35.5 Å². The Kier molecular flexibility index (Phi) is 12.6. The monoisotopic (exact) mass is 598 g/mol. The molecule has 0 spiro atoms. The van der Waals surface area contributed by atoms with Crippen molar-refractivity contribution >= 4 is 5.91 Å². The summed E-state index contributed by atoms with van der Waals surface area (Å²) < 4.78 is 23.1. The highest BCUT2D eigenvalue weighted by atomic mass is 16.7. The van der Waals surface area contributed by atoms with Gasteiger partial charge in [0.05, 0.1) is 31.0 Å². The SMILES string of the molecule is C[C@]1(O)COC(O[C@H]2C(NC(=O)C(O)C(O)CN)CC(N)[C@@H](O[C@@H]3CC(O)[C@H](O)C(CNCCO)O3)C2O)C(O)C1. The van der Waals surface area contributed by atoms with Gasteiger partial charge in [0, 0.05) is 38.5 Å². The predicted molar refractivity (Wildman–Crippen MR) is 138 cm³/mol. The molecule has 0 aromatic carbocycles. The molecule has 2 heterocycles. The van der Waals surface area contributed by atoms with Gasteiger partial charge in [-0.25, -0.2) is 0 Å². The molecule has 1 aliphatic carbocycles. The Morgan fingerprint density at radius 1 is 1.10 bits per heavy atom. The quantitative estimate of drug-likeness (QED) is 0.0929. The molecule has 0 bridgehead atoms. The smallest absolute Gasteiger partial charge is 0.251 e. The summed E-state index contributed by atoms with van der Waals surface area (Å²) in [5.74, 6) is -1.00. The Labute approximate surface area is 237 Å². The highest BCUT2D eigenvalue weighted by Crippen LogP contribution is 2.32. The minimum Gasteiger partial charge on any atom is -0.395 e. The van der Waals surface area contributed by atoms with E-state index >= 15 is 0 Å². The second kappa shape index (κ2) is 15.0. The first-order valence-corrected chi connectivity index (χ1v) is 13.7. The van der Waals surface area contributed by atoms with Crippen molar-refractivity contribution in [1.82, 2.24) is 10.6 Å². The number of nitrogens with two attached hydrogens (primary N) is 2. The lowest BCUT2D eigenvalue weighted by atomic mass is 9.83. The Balaban J connectivity index is 1.76. The molecule has 3 aliphatic rings. The third-order valence-electron chi connectivity index (χ3n) is 7.51. The number of rotatable bonds is 12. The summed E-state index contributed by atoms with van der Waals surface area (Å²) in [6.07, 6.45) is -14.9. The van der Waals surface area contributed by atoms with E-state index in [9.17, 15) is 40.5 Å². The van der Waals surface area contributed by atoms with Crippen LogP contribution in [0.1, 0.15) is 26.2 Å². The third kappa shape index (κ3) is 8.94. The second-order valence-corrected chi connectivity index (χ2v) is 11.2. The molecule has 9 unspecified atom stereocenters. The van der Waals surface area contributed by atoms with Crippen LogP contribution in [-0.4, -0.2) is 165 Å². The molecule has 0 radical (unpaired) electrons. The Morgan fingerprint density at radius 2 is 1.80 bits per heavy atom. The largest absolute Gasteiger partial charge is 0.395 e. The average molecular weight is 599 g/mol. The summed E-state index contributed by atoms with van der Waals surface area (Å²) in [6.45, 7) is 1.07. The minimum absolute atomic E-state index is 0.0660. The van der Waals surface area contributed by atoms with Crippen molar-refractivity contribution in [2.45, 2.75) is 111 Å². The van der Waals surface area contributed by atoms with Gasteiger partial charge in [-0.2, -0.15) is 0 Å². The first-order chi connectivity index (χ1) is 19.3. The van der Waals surface area contributed by atoms with Gasteiger partial charge in [0.2, 0.25) is 0 Å². The number of aliphatic hydroxyl groups is 8. The molecule has 0 aromatic heterocycles. The number of hydrogen-bond acceptors (Lipinski definition) is 16. The first kappa shape index (κ1) is 34.4. The number of nitrogens with one attached hydrogen (secondary N) is 2. The first-order valence-electron chi connectivity index (χ1n) is 13.7. The molecule has 240 valence electrons. The summed E-state index contributed by atoms with van der Waals surface area (Å²) in [5.41, 5.74) is 10.3. The number of ether oxygens (including phenoxy) is 4. The molecular formula is C24H46N4O13. The fourth-order valence-electron chi connectivity index (χ4n) is 5.24. The molecule has 3 rings (SSSR count). The zero-order valence-electron chi connectivity index (χ0n) is 22.9. The van der Waals surface area contributed by atoms with E-state index in [-0.39, 0.29) is 45.6 Å². The predicted octanol–water partition coefficient (Wildman–Crippen LogP) is -6.71. The number of carbonyl (C=O) groups excluding carboxylic acids is 1. The van der Waals surface area contributed by atoms with Crippen LogP contribution in [0.5, 0.6) is 0 Å². The van der Waals surface area contributed by atoms with Crippen molar-refractivity contribution in [2.75, 3.05) is 32.8 Å². The lowest BCUT2D eigenvalue weighted by molar-refractivity contribution is -0.308. The van der Waals surface area contributed by atoms with E-state index in [1.807, 2.05) is 0 Å². The molecule has 14 atom stereocenters. The maximum Gasteiger partial charge on any atom is 0.251 e. The summed E-state index contributed by atoms with van der Waals surface area (Å²) in [4.78, 5) is 12.6. The summed E-state index contributed by atoms with van der Waals surface area (Å²) in [7, 11) is 0. The number of carbonyl (C=O) groups is 1.